The SMILES string of the molecule is CC(C)(C)NC(=O)[C@@H](Cc1ccccc1)N(Cc1cccc(Cl)c1)C(=O)CN1C(=O)c2cccc3cccc1c23. The highest BCUT2D eigenvalue weighted by Crippen LogP contribution is 2.37. The summed E-state index contributed by atoms with van der Waals surface area (Å²) >= 11 is 6.28. The Balaban J connectivity index is 1.53. The first-order valence-electron chi connectivity index (χ1n) is 13.3. The van der Waals surface area contributed by atoms with E-state index in [1.807, 2.05) is 93.6 Å². The maximum atomic E-state index is 14.2. The molecule has 1 atom stereocenters. The summed E-state index contributed by atoms with van der Waals surface area (Å²) in [5.74, 6) is -0.811. The van der Waals surface area contributed by atoms with Gasteiger partial charge in [0, 0.05) is 34.5 Å². The van der Waals surface area contributed by atoms with Gasteiger partial charge in [0.15, 0.2) is 0 Å². The fourth-order valence-electron chi connectivity index (χ4n) is 5.20. The first-order valence-corrected chi connectivity index (χ1v) is 13.7. The maximum absolute atomic E-state index is 14.2. The van der Waals surface area contributed by atoms with Gasteiger partial charge in [-0.1, -0.05) is 78.3 Å². The lowest BCUT2D eigenvalue weighted by atomic mass is 10.0. The Labute approximate surface area is 239 Å². The number of carbonyl (C=O) groups excluding carboxylic acids is 3. The zero-order chi connectivity index (χ0) is 28.4. The quantitative estimate of drug-likeness (QED) is 0.290. The number of nitrogens with zero attached hydrogens (tertiary/aromatic N) is 2. The van der Waals surface area contributed by atoms with Crippen molar-refractivity contribution in [2.24, 2.45) is 0 Å². The predicted octanol–water partition coefficient (Wildman–Crippen LogP) is 6.01. The van der Waals surface area contributed by atoms with Crippen molar-refractivity contribution in [3.8, 4) is 0 Å². The van der Waals surface area contributed by atoms with Gasteiger partial charge in [-0.25, -0.2) is 0 Å². The van der Waals surface area contributed by atoms with Crippen molar-refractivity contribution in [2.45, 2.75) is 45.3 Å². The van der Waals surface area contributed by atoms with Crippen LogP contribution in [0.4, 0.5) is 5.69 Å². The first kappa shape index (κ1) is 27.4. The molecule has 0 spiro atoms. The molecule has 0 saturated heterocycles. The molecule has 40 heavy (non-hydrogen) atoms. The zero-order valence-electron chi connectivity index (χ0n) is 22.9. The predicted molar refractivity (Wildman–Crippen MR) is 159 cm³/mol. The molecule has 204 valence electrons. The van der Waals surface area contributed by atoms with E-state index in [1.54, 1.807) is 23.1 Å². The molecule has 7 heteroatoms. The van der Waals surface area contributed by atoms with Gasteiger partial charge in [-0.2, -0.15) is 0 Å². The van der Waals surface area contributed by atoms with Gasteiger partial charge < -0.3 is 10.2 Å². The van der Waals surface area contributed by atoms with Crippen LogP contribution in [-0.4, -0.2) is 40.7 Å². The summed E-state index contributed by atoms with van der Waals surface area (Å²) in [4.78, 5) is 44.6. The number of benzene rings is 4. The average Bonchev–Trinajstić information content (AvgIpc) is 3.18. The molecular formula is C33H32ClN3O3. The van der Waals surface area contributed by atoms with Crippen molar-refractivity contribution in [2.75, 3.05) is 11.4 Å². The van der Waals surface area contributed by atoms with E-state index < -0.39 is 11.6 Å². The Morgan fingerprint density at radius 2 is 1.57 bits per heavy atom. The van der Waals surface area contributed by atoms with Crippen LogP contribution in [0.15, 0.2) is 91.0 Å². The number of nitrogens with one attached hydrogen (secondary N) is 1. The number of hydrogen-bond donors (Lipinski definition) is 1. The second-order valence-corrected chi connectivity index (χ2v) is 11.6. The normalized spacial score (nSPS) is 13.4. The Bertz CT molecular complexity index is 1570. The summed E-state index contributed by atoms with van der Waals surface area (Å²) in [6, 6.07) is 27.4. The van der Waals surface area contributed by atoms with Gasteiger partial charge in [-0.3, -0.25) is 19.3 Å². The Morgan fingerprint density at radius 1 is 0.900 bits per heavy atom. The van der Waals surface area contributed by atoms with Crippen molar-refractivity contribution in [1.29, 1.82) is 0 Å². The van der Waals surface area contributed by atoms with Crippen molar-refractivity contribution in [1.82, 2.24) is 10.2 Å². The highest BCUT2D eigenvalue weighted by atomic mass is 35.5. The molecule has 0 unspecified atom stereocenters. The fourth-order valence-corrected chi connectivity index (χ4v) is 5.41. The van der Waals surface area contributed by atoms with Crippen LogP contribution in [0.5, 0.6) is 0 Å². The molecule has 0 saturated carbocycles. The van der Waals surface area contributed by atoms with E-state index in [1.165, 1.54) is 4.90 Å². The number of rotatable bonds is 8. The van der Waals surface area contributed by atoms with Gasteiger partial charge in [0.2, 0.25) is 11.8 Å². The second-order valence-electron chi connectivity index (χ2n) is 11.2. The van der Waals surface area contributed by atoms with Gasteiger partial charge in [0.1, 0.15) is 12.6 Å². The average molecular weight is 554 g/mol. The summed E-state index contributed by atoms with van der Waals surface area (Å²) in [6.07, 6.45) is 0.318. The standard InChI is InChI=1S/C33H32ClN3O3/c1-33(2,3)35-31(39)28(19-22-10-5-4-6-11-22)36(20-23-12-7-15-25(34)18-23)29(38)21-37-27-17-9-14-24-13-8-16-26(30(24)27)32(37)40/h4-18,28H,19-21H2,1-3H3,(H,35,39)/t28-/m1/s1. The maximum Gasteiger partial charge on any atom is 0.259 e. The van der Waals surface area contributed by atoms with E-state index in [-0.39, 0.29) is 30.8 Å². The van der Waals surface area contributed by atoms with E-state index in [0.717, 1.165) is 21.9 Å². The molecule has 6 nitrogen and oxygen atoms in total. The molecule has 1 heterocycles. The van der Waals surface area contributed by atoms with Gasteiger partial charge in [0.25, 0.3) is 5.91 Å². The van der Waals surface area contributed by atoms with Crippen molar-refractivity contribution in [3.63, 3.8) is 0 Å². The third-order valence-electron chi connectivity index (χ3n) is 6.95. The van der Waals surface area contributed by atoms with Crippen LogP contribution >= 0.6 is 11.6 Å². The number of carbonyl (C=O) groups is 3. The number of halogens is 1. The van der Waals surface area contributed by atoms with Gasteiger partial charge in [0.05, 0.1) is 5.69 Å². The molecule has 5 rings (SSSR count). The van der Waals surface area contributed by atoms with Crippen molar-refractivity contribution >= 4 is 45.8 Å². The summed E-state index contributed by atoms with van der Waals surface area (Å²) in [7, 11) is 0. The molecular weight excluding hydrogens is 522 g/mol. The molecule has 1 aliphatic rings. The van der Waals surface area contributed by atoms with Crippen LogP contribution < -0.4 is 10.2 Å². The third-order valence-corrected chi connectivity index (χ3v) is 7.19. The lowest BCUT2D eigenvalue weighted by Gasteiger charge is -2.34. The van der Waals surface area contributed by atoms with E-state index in [9.17, 15) is 14.4 Å². The summed E-state index contributed by atoms with van der Waals surface area (Å²) in [5, 5.41) is 5.40. The minimum Gasteiger partial charge on any atom is -0.350 e. The molecule has 1 aliphatic heterocycles. The van der Waals surface area contributed by atoms with Crippen LogP contribution in [0.25, 0.3) is 10.8 Å². The monoisotopic (exact) mass is 553 g/mol. The molecule has 0 fully saturated rings. The minimum atomic E-state index is -0.816. The van der Waals surface area contributed by atoms with Crippen LogP contribution in [-0.2, 0) is 22.6 Å². The van der Waals surface area contributed by atoms with Crippen LogP contribution in [0.1, 0.15) is 42.3 Å². The highest BCUT2D eigenvalue weighted by molar-refractivity contribution is 6.30. The van der Waals surface area contributed by atoms with Gasteiger partial charge >= 0.3 is 0 Å². The molecule has 1 N–H and O–H groups in total. The van der Waals surface area contributed by atoms with Crippen molar-refractivity contribution in [3.05, 3.63) is 113 Å². The summed E-state index contributed by atoms with van der Waals surface area (Å²) in [6.45, 7) is 5.70. The number of hydrogen-bond acceptors (Lipinski definition) is 3. The molecule has 0 radical (unpaired) electrons. The fraction of sp³-hybridized carbons (Fsp3) is 0.242. The Kier molecular flexibility index (Phi) is 7.63. The molecule has 0 aliphatic carbocycles. The molecule has 0 aromatic heterocycles. The van der Waals surface area contributed by atoms with Crippen LogP contribution in [0, 0.1) is 0 Å². The van der Waals surface area contributed by atoms with E-state index >= 15 is 0 Å². The van der Waals surface area contributed by atoms with E-state index in [2.05, 4.69) is 5.32 Å². The van der Waals surface area contributed by atoms with Crippen LogP contribution in [0.3, 0.4) is 0 Å². The highest BCUT2D eigenvalue weighted by Gasteiger charge is 2.36. The summed E-state index contributed by atoms with van der Waals surface area (Å²) < 4.78 is 0. The van der Waals surface area contributed by atoms with E-state index in [0.29, 0.717) is 22.7 Å². The Hall–Kier alpha value is -4.16. The molecule has 4 aromatic rings. The smallest absolute Gasteiger partial charge is 0.259 e. The first-order chi connectivity index (χ1) is 19.1. The topological polar surface area (TPSA) is 69.7 Å². The lowest BCUT2D eigenvalue weighted by molar-refractivity contribution is -0.140. The van der Waals surface area contributed by atoms with Gasteiger partial charge in [-0.15, -0.1) is 0 Å². The van der Waals surface area contributed by atoms with Crippen molar-refractivity contribution < 1.29 is 14.4 Å². The van der Waals surface area contributed by atoms with E-state index in [4.69, 9.17) is 11.6 Å². The van der Waals surface area contributed by atoms with Gasteiger partial charge in [-0.05, 0) is 61.5 Å². The number of amides is 3. The second kappa shape index (κ2) is 11.1. The number of anilines is 1. The molecule has 0 bridgehead atoms. The minimum absolute atomic E-state index is 0.160. The third kappa shape index (κ3) is 5.87. The van der Waals surface area contributed by atoms with Crippen LogP contribution in [0.2, 0.25) is 5.02 Å². The molecule has 4 aromatic carbocycles. The zero-order valence-corrected chi connectivity index (χ0v) is 23.6. The summed E-state index contributed by atoms with van der Waals surface area (Å²) in [5.41, 5.74) is 2.50. The largest absolute Gasteiger partial charge is 0.350 e. The Morgan fingerprint density at radius 3 is 2.27 bits per heavy atom. The molecule has 3 amide bonds. The lowest BCUT2D eigenvalue weighted by Crippen LogP contribution is -2.56.